The first-order valence-electron chi connectivity index (χ1n) is 10.1. The van der Waals surface area contributed by atoms with Gasteiger partial charge in [0.25, 0.3) is 0 Å². The number of ether oxygens (including phenoxy) is 1. The fraction of sp³-hybridized carbons (Fsp3) is 0.231. The van der Waals surface area contributed by atoms with Crippen LogP contribution < -0.4 is 0 Å². The first kappa shape index (κ1) is 16.1. The maximum atomic E-state index is 6.61. The third-order valence-corrected chi connectivity index (χ3v) is 6.90. The van der Waals surface area contributed by atoms with E-state index in [9.17, 15) is 0 Å². The summed E-state index contributed by atoms with van der Waals surface area (Å²) in [4.78, 5) is 3.76. The molecular formula is C26H23NO. The van der Waals surface area contributed by atoms with Crippen LogP contribution in [0.3, 0.4) is 0 Å². The van der Waals surface area contributed by atoms with Crippen molar-refractivity contribution >= 4 is 10.9 Å². The van der Waals surface area contributed by atoms with Gasteiger partial charge in [0.2, 0.25) is 0 Å². The fourth-order valence-electron chi connectivity index (χ4n) is 5.77. The highest BCUT2D eigenvalue weighted by atomic mass is 16.5. The van der Waals surface area contributed by atoms with Crippen LogP contribution in [-0.2, 0) is 10.3 Å². The molecule has 0 spiro atoms. The SMILES string of the molecule is C[C@]12OC[C@H]([C@H](c3ccccc3)c3c1[nH]c1ccccc31)[C@H]2c1ccccc1. The second-order valence-electron chi connectivity index (χ2n) is 8.32. The van der Waals surface area contributed by atoms with E-state index < -0.39 is 0 Å². The van der Waals surface area contributed by atoms with Gasteiger partial charge in [0.1, 0.15) is 5.60 Å². The number of aromatic nitrogens is 1. The van der Waals surface area contributed by atoms with Crippen LogP contribution in [0.5, 0.6) is 0 Å². The smallest absolute Gasteiger partial charge is 0.112 e. The summed E-state index contributed by atoms with van der Waals surface area (Å²) in [5.74, 6) is 1.08. The van der Waals surface area contributed by atoms with E-state index in [1.165, 1.54) is 33.3 Å². The van der Waals surface area contributed by atoms with Crippen molar-refractivity contribution in [3.05, 3.63) is 107 Å². The van der Waals surface area contributed by atoms with Crippen LogP contribution in [0.15, 0.2) is 84.9 Å². The Kier molecular flexibility index (Phi) is 3.36. The number of benzene rings is 3. The van der Waals surface area contributed by atoms with Crippen LogP contribution in [0, 0.1) is 5.92 Å². The van der Waals surface area contributed by atoms with Crippen LogP contribution in [-0.4, -0.2) is 11.6 Å². The molecule has 6 rings (SSSR count). The van der Waals surface area contributed by atoms with Gasteiger partial charge < -0.3 is 9.72 Å². The number of hydrogen-bond acceptors (Lipinski definition) is 1. The van der Waals surface area contributed by atoms with Crippen LogP contribution in [0.2, 0.25) is 0 Å². The average molecular weight is 365 g/mol. The summed E-state index contributed by atoms with van der Waals surface area (Å²) in [6.45, 7) is 3.06. The van der Waals surface area contributed by atoms with Gasteiger partial charge in [-0.1, -0.05) is 78.9 Å². The number of fused-ring (bicyclic) bond motifs is 6. The molecule has 138 valence electrons. The maximum absolute atomic E-state index is 6.61. The number of hydrogen-bond donors (Lipinski definition) is 1. The predicted molar refractivity (Wildman–Crippen MR) is 113 cm³/mol. The van der Waals surface area contributed by atoms with E-state index >= 15 is 0 Å². The second-order valence-corrected chi connectivity index (χ2v) is 8.32. The van der Waals surface area contributed by atoms with E-state index in [0.717, 1.165) is 6.61 Å². The molecule has 28 heavy (non-hydrogen) atoms. The summed E-state index contributed by atoms with van der Waals surface area (Å²) in [5, 5.41) is 1.33. The quantitative estimate of drug-likeness (QED) is 0.466. The third-order valence-electron chi connectivity index (χ3n) is 6.90. The molecule has 1 aliphatic carbocycles. The molecule has 0 amide bonds. The van der Waals surface area contributed by atoms with Crippen LogP contribution in [0.4, 0.5) is 0 Å². The molecule has 2 bridgehead atoms. The topological polar surface area (TPSA) is 25.0 Å². The largest absolute Gasteiger partial charge is 0.368 e. The van der Waals surface area contributed by atoms with Crippen molar-refractivity contribution in [2.45, 2.75) is 24.4 Å². The molecule has 1 aliphatic heterocycles. The molecule has 2 aliphatic rings. The predicted octanol–water partition coefficient (Wildman–Crippen LogP) is 5.96. The number of para-hydroxylation sites is 1. The lowest BCUT2D eigenvalue weighted by Gasteiger charge is -2.41. The van der Waals surface area contributed by atoms with Crippen LogP contribution in [0.25, 0.3) is 10.9 Å². The monoisotopic (exact) mass is 365 g/mol. The zero-order valence-electron chi connectivity index (χ0n) is 15.9. The Balaban J connectivity index is 1.67. The molecule has 0 radical (unpaired) electrons. The Morgan fingerprint density at radius 2 is 1.46 bits per heavy atom. The van der Waals surface area contributed by atoms with Gasteiger partial charge in [-0.25, -0.2) is 0 Å². The Morgan fingerprint density at radius 1 is 0.821 bits per heavy atom. The van der Waals surface area contributed by atoms with E-state index in [0.29, 0.717) is 17.8 Å². The van der Waals surface area contributed by atoms with E-state index in [1.807, 2.05) is 0 Å². The Labute approximate surface area is 165 Å². The lowest BCUT2D eigenvalue weighted by atomic mass is 9.62. The van der Waals surface area contributed by atoms with E-state index in [1.54, 1.807) is 0 Å². The van der Waals surface area contributed by atoms with Gasteiger partial charge in [-0.15, -0.1) is 0 Å². The first-order chi connectivity index (χ1) is 13.8. The lowest BCUT2D eigenvalue weighted by molar-refractivity contribution is 0.00361. The molecule has 1 saturated heterocycles. The Hall–Kier alpha value is -2.84. The van der Waals surface area contributed by atoms with Crippen molar-refractivity contribution in [3.63, 3.8) is 0 Å². The Morgan fingerprint density at radius 3 is 2.21 bits per heavy atom. The van der Waals surface area contributed by atoms with Gasteiger partial charge in [-0.05, 0) is 29.7 Å². The highest BCUT2D eigenvalue weighted by molar-refractivity contribution is 5.87. The zero-order chi connectivity index (χ0) is 18.7. The van der Waals surface area contributed by atoms with Gasteiger partial charge >= 0.3 is 0 Å². The summed E-state index contributed by atoms with van der Waals surface area (Å²) in [5.41, 5.74) is 6.32. The highest BCUT2D eigenvalue weighted by Gasteiger charge is 2.57. The molecule has 1 aromatic heterocycles. The van der Waals surface area contributed by atoms with E-state index in [4.69, 9.17) is 4.74 Å². The van der Waals surface area contributed by atoms with Gasteiger partial charge in [0, 0.05) is 28.7 Å². The van der Waals surface area contributed by atoms with Crippen molar-refractivity contribution in [2.75, 3.05) is 6.61 Å². The number of H-pyrrole nitrogens is 1. The van der Waals surface area contributed by atoms with Crippen molar-refractivity contribution in [1.29, 1.82) is 0 Å². The van der Waals surface area contributed by atoms with Crippen molar-refractivity contribution in [1.82, 2.24) is 4.98 Å². The molecular weight excluding hydrogens is 342 g/mol. The minimum Gasteiger partial charge on any atom is -0.368 e. The maximum Gasteiger partial charge on any atom is 0.112 e. The molecule has 1 N–H and O–H groups in total. The normalized spacial score (nSPS) is 28.4. The second kappa shape index (κ2) is 5.83. The summed E-state index contributed by atoms with van der Waals surface area (Å²) in [6, 6.07) is 30.6. The molecule has 2 heterocycles. The summed E-state index contributed by atoms with van der Waals surface area (Å²) in [6.07, 6.45) is 0. The lowest BCUT2D eigenvalue weighted by Crippen LogP contribution is -2.37. The molecule has 4 aromatic rings. The van der Waals surface area contributed by atoms with Gasteiger partial charge in [-0.3, -0.25) is 0 Å². The molecule has 0 saturated carbocycles. The standard InChI is InChI=1S/C26H23NO/c1-26-24(18-12-6-3-7-13-18)20(16-28-26)22(17-10-4-2-5-11-17)23-19-14-8-9-15-21(19)27-25(23)26/h2-15,20,22,24,27H,16H2,1H3/t20-,22+,24-,26-/m1/s1. The molecule has 4 atom stereocenters. The zero-order valence-corrected chi connectivity index (χ0v) is 15.9. The van der Waals surface area contributed by atoms with Gasteiger partial charge in [0.15, 0.2) is 0 Å². The minimum atomic E-state index is -0.328. The summed E-state index contributed by atoms with van der Waals surface area (Å²) < 4.78 is 6.61. The Bertz CT molecular complexity index is 1150. The highest BCUT2D eigenvalue weighted by Crippen LogP contribution is 2.62. The molecule has 1 fully saturated rings. The van der Waals surface area contributed by atoms with Crippen LogP contribution in [0.1, 0.15) is 41.1 Å². The molecule has 0 unspecified atom stereocenters. The van der Waals surface area contributed by atoms with Gasteiger partial charge in [0.05, 0.1) is 12.3 Å². The summed E-state index contributed by atoms with van der Waals surface area (Å²) >= 11 is 0. The molecule has 3 aromatic carbocycles. The third kappa shape index (κ3) is 2.07. The van der Waals surface area contributed by atoms with E-state index in [-0.39, 0.29) is 5.60 Å². The van der Waals surface area contributed by atoms with Crippen molar-refractivity contribution < 1.29 is 4.74 Å². The number of aromatic amines is 1. The van der Waals surface area contributed by atoms with E-state index in [2.05, 4.69) is 96.8 Å². The van der Waals surface area contributed by atoms with Crippen LogP contribution >= 0.6 is 0 Å². The first-order valence-corrected chi connectivity index (χ1v) is 10.1. The summed E-state index contributed by atoms with van der Waals surface area (Å²) in [7, 11) is 0. The fourth-order valence-corrected chi connectivity index (χ4v) is 5.77. The van der Waals surface area contributed by atoms with Gasteiger partial charge in [-0.2, -0.15) is 0 Å². The van der Waals surface area contributed by atoms with Crippen molar-refractivity contribution in [3.8, 4) is 0 Å². The number of nitrogens with one attached hydrogen (secondary N) is 1. The number of rotatable bonds is 2. The average Bonchev–Trinajstić information content (AvgIpc) is 3.27. The molecule has 2 nitrogen and oxygen atoms in total. The molecule has 2 heteroatoms. The van der Waals surface area contributed by atoms with Crippen molar-refractivity contribution in [2.24, 2.45) is 5.92 Å². The minimum absolute atomic E-state index is 0.327.